The summed E-state index contributed by atoms with van der Waals surface area (Å²) in [5.41, 5.74) is 3.24. The number of halogens is 2. The van der Waals surface area contributed by atoms with E-state index >= 15 is 0 Å². The maximum absolute atomic E-state index is 6.18. The summed E-state index contributed by atoms with van der Waals surface area (Å²) in [4.78, 5) is 9.00. The van der Waals surface area contributed by atoms with Crippen LogP contribution >= 0.6 is 38.9 Å². The molecule has 0 aliphatic heterocycles. The highest BCUT2D eigenvalue weighted by atomic mass is 79.9. The predicted molar refractivity (Wildman–Crippen MR) is 81.3 cm³/mol. The summed E-state index contributed by atoms with van der Waals surface area (Å²) in [5, 5.41) is 4.64. The second-order valence-corrected chi connectivity index (χ2v) is 6.56. The van der Waals surface area contributed by atoms with Gasteiger partial charge in [-0.2, -0.15) is 11.3 Å². The van der Waals surface area contributed by atoms with Crippen LogP contribution in [-0.4, -0.2) is 9.97 Å². The van der Waals surface area contributed by atoms with E-state index in [0.717, 1.165) is 28.0 Å². The maximum atomic E-state index is 6.18. The van der Waals surface area contributed by atoms with Crippen molar-refractivity contribution in [3.05, 3.63) is 31.6 Å². The molecule has 0 spiro atoms. The molecule has 0 bridgehead atoms. The van der Waals surface area contributed by atoms with Gasteiger partial charge in [0.05, 0.1) is 10.2 Å². The van der Waals surface area contributed by atoms with E-state index in [1.165, 1.54) is 5.56 Å². The van der Waals surface area contributed by atoms with Crippen molar-refractivity contribution in [2.75, 3.05) is 0 Å². The first-order chi connectivity index (χ1) is 8.49. The minimum Gasteiger partial charge on any atom is -0.232 e. The molecule has 2 aromatic heterocycles. The van der Waals surface area contributed by atoms with E-state index in [2.05, 4.69) is 57.4 Å². The maximum Gasteiger partial charge on any atom is 0.162 e. The van der Waals surface area contributed by atoms with Crippen LogP contribution < -0.4 is 0 Å². The number of hydrogen-bond acceptors (Lipinski definition) is 3. The number of aromatic nitrogens is 2. The van der Waals surface area contributed by atoms with Crippen LogP contribution in [0.2, 0.25) is 5.15 Å². The van der Waals surface area contributed by atoms with Gasteiger partial charge in [0.2, 0.25) is 0 Å². The summed E-state index contributed by atoms with van der Waals surface area (Å²) < 4.78 is 0.814. The van der Waals surface area contributed by atoms with Crippen LogP contribution in [0.4, 0.5) is 0 Å². The Hall–Kier alpha value is -0.450. The van der Waals surface area contributed by atoms with Gasteiger partial charge in [-0.3, -0.25) is 0 Å². The molecular formula is C13H14BrClN2S. The van der Waals surface area contributed by atoms with E-state index in [4.69, 9.17) is 11.6 Å². The quantitative estimate of drug-likeness (QED) is 0.721. The molecule has 0 aromatic carbocycles. The summed E-state index contributed by atoms with van der Waals surface area (Å²) in [6.45, 7) is 6.39. The molecule has 96 valence electrons. The fourth-order valence-electron chi connectivity index (χ4n) is 1.70. The zero-order valence-electron chi connectivity index (χ0n) is 10.5. The van der Waals surface area contributed by atoms with Crippen molar-refractivity contribution < 1.29 is 0 Å². The van der Waals surface area contributed by atoms with Gasteiger partial charge in [-0.05, 0) is 46.1 Å². The van der Waals surface area contributed by atoms with Crippen molar-refractivity contribution in [1.29, 1.82) is 0 Å². The lowest BCUT2D eigenvalue weighted by molar-refractivity contribution is 0.632. The highest BCUT2D eigenvalue weighted by Gasteiger charge is 2.14. The molecule has 0 atom stereocenters. The molecule has 2 rings (SSSR count). The fraction of sp³-hybridized carbons (Fsp3) is 0.385. The lowest BCUT2D eigenvalue weighted by atomic mass is 10.1. The van der Waals surface area contributed by atoms with E-state index < -0.39 is 0 Å². The predicted octanol–water partition coefficient (Wildman–Crippen LogP) is 5.13. The Labute approximate surface area is 125 Å². The van der Waals surface area contributed by atoms with Crippen molar-refractivity contribution in [3.8, 4) is 11.4 Å². The van der Waals surface area contributed by atoms with E-state index in [9.17, 15) is 0 Å². The Morgan fingerprint density at radius 3 is 2.61 bits per heavy atom. The standard InChI is InChI=1S/C13H14BrClN2S/c1-7(2)4-10-11(14)12(15)17-13(16-10)9-6-18-5-8(9)3/h5-7H,4H2,1-3H3. The second-order valence-electron chi connectivity index (χ2n) is 4.67. The fourth-order valence-corrected chi connectivity index (χ4v) is 3.05. The highest BCUT2D eigenvalue weighted by Crippen LogP contribution is 2.30. The Morgan fingerprint density at radius 1 is 1.33 bits per heavy atom. The molecule has 5 heteroatoms. The third-order valence-corrected chi connectivity index (χ3v) is 4.77. The van der Waals surface area contributed by atoms with Crippen molar-refractivity contribution in [3.63, 3.8) is 0 Å². The molecular weight excluding hydrogens is 332 g/mol. The molecule has 0 amide bonds. The Balaban J connectivity index is 2.51. The molecule has 0 aliphatic carbocycles. The van der Waals surface area contributed by atoms with Crippen LogP contribution in [0, 0.1) is 12.8 Å². The minimum absolute atomic E-state index is 0.487. The average Bonchev–Trinajstić information content (AvgIpc) is 2.70. The van der Waals surface area contributed by atoms with Crippen LogP contribution in [0.5, 0.6) is 0 Å². The first-order valence-electron chi connectivity index (χ1n) is 5.74. The molecule has 0 fully saturated rings. The van der Waals surface area contributed by atoms with Crippen LogP contribution in [0.3, 0.4) is 0 Å². The lowest BCUT2D eigenvalue weighted by Crippen LogP contribution is -2.02. The third kappa shape index (κ3) is 2.92. The van der Waals surface area contributed by atoms with Crippen molar-refractivity contribution in [1.82, 2.24) is 9.97 Å². The molecule has 2 nitrogen and oxygen atoms in total. The molecule has 2 aromatic rings. The smallest absolute Gasteiger partial charge is 0.162 e. The second kappa shape index (κ2) is 5.68. The van der Waals surface area contributed by atoms with Gasteiger partial charge in [-0.15, -0.1) is 0 Å². The monoisotopic (exact) mass is 344 g/mol. The molecule has 2 heterocycles. The number of nitrogens with zero attached hydrogens (tertiary/aromatic N) is 2. The first-order valence-corrected chi connectivity index (χ1v) is 7.85. The lowest BCUT2D eigenvalue weighted by Gasteiger charge is -2.10. The molecule has 18 heavy (non-hydrogen) atoms. The highest BCUT2D eigenvalue weighted by molar-refractivity contribution is 9.10. The number of aryl methyl sites for hydroxylation is 1. The first kappa shape index (κ1) is 14.0. The molecule has 0 saturated heterocycles. The van der Waals surface area contributed by atoms with Crippen LogP contribution in [0.25, 0.3) is 11.4 Å². The summed E-state index contributed by atoms with van der Waals surface area (Å²) in [7, 11) is 0. The zero-order valence-corrected chi connectivity index (χ0v) is 13.7. The molecule has 0 saturated carbocycles. The Morgan fingerprint density at radius 2 is 2.06 bits per heavy atom. The zero-order chi connectivity index (χ0) is 13.3. The van der Waals surface area contributed by atoms with Crippen LogP contribution in [0.15, 0.2) is 15.2 Å². The Bertz CT molecular complexity index is 566. The van der Waals surface area contributed by atoms with Crippen LogP contribution in [-0.2, 0) is 6.42 Å². The van der Waals surface area contributed by atoms with Gasteiger partial charge in [0.15, 0.2) is 5.82 Å². The van der Waals surface area contributed by atoms with Crippen molar-refractivity contribution in [2.24, 2.45) is 5.92 Å². The number of thiophene rings is 1. The minimum atomic E-state index is 0.487. The topological polar surface area (TPSA) is 25.8 Å². The van der Waals surface area contributed by atoms with Gasteiger partial charge < -0.3 is 0 Å². The van der Waals surface area contributed by atoms with Gasteiger partial charge in [0, 0.05) is 10.9 Å². The molecule has 0 unspecified atom stereocenters. The van der Waals surface area contributed by atoms with Gasteiger partial charge in [0.25, 0.3) is 0 Å². The SMILES string of the molecule is Cc1cscc1-c1nc(Cl)c(Br)c(CC(C)C)n1. The van der Waals surface area contributed by atoms with Gasteiger partial charge in [0.1, 0.15) is 5.15 Å². The summed E-state index contributed by atoms with van der Waals surface area (Å²) >= 11 is 11.3. The molecule has 0 radical (unpaired) electrons. The largest absolute Gasteiger partial charge is 0.232 e. The molecule has 0 N–H and O–H groups in total. The number of hydrogen-bond donors (Lipinski definition) is 0. The van der Waals surface area contributed by atoms with Gasteiger partial charge in [-0.1, -0.05) is 25.4 Å². The third-order valence-electron chi connectivity index (χ3n) is 2.58. The van der Waals surface area contributed by atoms with Crippen LogP contribution in [0.1, 0.15) is 25.1 Å². The number of rotatable bonds is 3. The van der Waals surface area contributed by atoms with E-state index in [1.54, 1.807) is 11.3 Å². The van der Waals surface area contributed by atoms with Gasteiger partial charge in [-0.25, -0.2) is 9.97 Å². The summed E-state index contributed by atoms with van der Waals surface area (Å²) in [5.74, 6) is 1.25. The van der Waals surface area contributed by atoms with Crippen molar-refractivity contribution >= 4 is 38.9 Å². The van der Waals surface area contributed by atoms with E-state index in [0.29, 0.717) is 11.1 Å². The molecule has 0 aliphatic rings. The average molecular weight is 346 g/mol. The normalized spacial score (nSPS) is 11.2. The van der Waals surface area contributed by atoms with Crippen molar-refractivity contribution in [2.45, 2.75) is 27.2 Å². The van der Waals surface area contributed by atoms with E-state index in [1.807, 2.05) is 0 Å². The summed E-state index contributed by atoms with van der Waals surface area (Å²) in [6.07, 6.45) is 0.888. The summed E-state index contributed by atoms with van der Waals surface area (Å²) in [6, 6.07) is 0. The van der Waals surface area contributed by atoms with Gasteiger partial charge >= 0.3 is 0 Å². The van der Waals surface area contributed by atoms with E-state index in [-0.39, 0.29) is 0 Å². The Kier molecular flexibility index (Phi) is 4.41.